The summed E-state index contributed by atoms with van der Waals surface area (Å²) in [7, 11) is -3.38. The zero-order valence-electron chi connectivity index (χ0n) is 14.7. The van der Waals surface area contributed by atoms with Crippen LogP contribution in [0.25, 0.3) is 0 Å². The second-order valence-corrected chi connectivity index (χ2v) is 8.15. The first kappa shape index (κ1) is 19.2. The van der Waals surface area contributed by atoms with E-state index in [1.807, 2.05) is 0 Å². The summed E-state index contributed by atoms with van der Waals surface area (Å²) in [6, 6.07) is 6.57. The van der Waals surface area contributed by atoms with Gasteiger partial charge in [0.15, 0.2) is 0 Å². The standard InChI is InChI=1S/C19H26N2O3S/c1-3-15-21(25(2,23)24)18-11-9-17(10-12-18)19(22)20-14-13-16-7-5-4-6-8-16/h3,7,9-12H,1,4-6,8,13-15H2,2H3,(H,20,22). The van der Waals surface area contributed by atoms with E-state index in [1.165, 1.54) is 28.8 Å². The Morgan fingerprint density at radius 2 is 2.00 bits per heavy atom. The maximum absolute atomic E-state index is 12.2. The second kappa shape index (κ2) is 8.85. The molecule has 1 aliphatic carbocycles. The third kappa shape index (κ3) is 5.74. The molecule has 1 aromatic carbocycles. The van der Waals surface area contributed by atoms with Gasteiger partial charge in [0, 0.05) is 12.1 Å². The van der Waals surface area contributed by atoms with Crippen LogP contribution in [0.4, 0.5) is 5.69 Å². The fraction of sp³-hybridized carbons (Fsp3) is 0.421. The van der Waals surface area contributed by atoms with E-state index >= 15 is 0 Å². The van der Waals surface area contributed by atoms with Gasteiger partial charge in [-0.05, 0) is 56.4 Å². The third-order valence-electron chi connectivity index (χ3n) is 4.23. The number of sulfonamides is 1. The minimum absolute atomic E-state index is 0.141. The van der Waals surface area contributed by atoms with Crippen molar-refractivity contribution in [2.75, 3.05) is 23.7 Å². The van der Waals surface area contributed by atoms with E-state index < -0.39 is 10.0 Å². The number of allylic oxidation sites excluding steroid dienone is 1. The molecule has 0 aromatic heterocycles. The normalized spacial score (nSPS) is 14.5. The molecule has 0 spiro atoms. The van der Waals surface area contributed by atoms with Gasteiger partial charge in [-0.2, -0.15) is 0 Å². The van der Waals surface area contributed by atoms with Gasteiger partial charge in [0.25, 0.3) is 5.91 Å². The van der Waals surface area contributed by atoms with Crippen molar-refractivity contribution in [3.63, 3.8) is 0 Å². The predicted octanol–water partition coefficient (Wildman–Crippen LogP) is 3.26. The topological polar surface area (TPSA) is 66.5 Å². The van der Waals surface area contributed by atoms with Crippen LogP contribution >= 0.6 is 0 Å². The Morgan fingerprint density at radius 1 is 1.28 bits per heavy atom. The Morgan fingerprint density at radius 3 is 2.56 bits per heavy atom. The Bertz CT molecular complexity index is 736. The number of nitrogens with one attached hydrogen (secondary N) is 1. The number of carbonyl (C=O) groups excluding carboxylic acids is 1. The van der Waals surface area contributed by atoms with Crippen molar-refractivity contribution in [3.8, 4) is 0 Å². The minimum atomic E-state index is -3.38. The molecule has 0 bridgehead atoms. The van der Waals surface area contributed by atoms with Crippen LogP contribution in [0.3, 0.4) is 0 Å². The molecule has 0 heterocycles. The Hall–Kier alpha value is -2.08. The molecule has 6 heteroatoms. The lowest BCUT2D eigenvalue weighted by atomic mass is 9.97. The zero-order chi connectivity index (χ0) is 18.3. The monoisotopic (exact) mass is 362 g/mol. The van der Waals surface area contributed by atoms with E-state index in [9.17, 15) is 13.2 Å². The lowest BCUT2D eigenvalue weighted by Crippen LogP contribution is -2.30. The molecule has 1 aliphatic rings. The van der Waals surface area contributed by atoms with Crippen molar-refractivity contribution in [1.29, 1.82) is 0 Å². The van der Waals surface area contributed by atoms with Crippen LogP contribution in [0, 0.1) is 0 Å². The van der Waals surface area contributed by atoms with Gasteiger partial charge in [0.2, 0.25) is 10.0 Å². The summed E-state index contributed by atoms with van der Waals surface area (Å²) in [6.45, 7) is 4.40. The van der Waals surface area contributed by atoms with E-state index in [4.69, 9.17) is 0 Å². The highest BCUT2D eigenvalue weighted by atomic mass is 32.2. The summed E-state index contributed by atoms with van der Waals surface area (Å²) in [5, 5.41) is 2.92. The molecule has 0 aliphatic heterocycles. The largest absolute Gasteiger partial charge is 0.352 e. The van der Waals surface area contributed by atoms with Crippen molar-refractivity contribution in [2.45, 2.75) is 32.1 Å². The highest BCUT2D eigenvalue weighted by molar-refractivity contribution is 7.92. The van der Waals surface area contributed by atoms with Crippen molar-refractivity contribution in [2.24, 2.45) is 0 Å². The molecule has 0 atom stereocenters. The van der Waals surface area contributed by atoms with Gasteiger partial charge in [-0.25, -0.2) is 8.42 Å². The lowest BCUT2D eigenvalue weighted by molar-refractivity contribution is 0.0954. The highest BCUT2D eigenvalue weighted by Crippen LogP contribution is 2.20. The lowest BCUT2D eigenvalue weighted by Gasteiger charge is -2.20. The number of hydrogen-bond acceptors (Lipinski definition) is 3. The number of amides is 1. The van der Waals surface area contributed by atoms with Crippen LogP contribution in [0.15, 0.2) is 48.6 Å². The summed E-state index contributed by atoms with van der Waals surface area (Å²) in [6.07, 6.45) is 10.6. The van der Waals surface area contributed by atoms with E-state index in [-0.39, 0.29) is 12.5 Å². The molecular weight excluding hydrogens is 336 g/mol. The summed E-state index contributed by atoms with van der Waals surface area (Å²) in [5.74, 6) is -0.141. The quantitative estimate of drug-likeness (QED) is 0.722. The van der Waals surface area contributed by atoms with E-state index in [1.54, 1.807) is 24.3 Å². The average molecular weight is 362 g/mol. The van der Waals surface area contributed by atoms with Gasteiger partial charge in [-0.1, -0.05) is 17.7 Å². The molecule has 1 N–H and O–H groups in total. The molecule has 0 fully saturated rings. The molecule has 5 nitrogen and oxygen atoms in total. The van der Waals surface area contributed by atoms with Crippen molar-refractivity contribution < 1.29 is 13.2 Å². The molecule has 0 saturated heterocycles. The SMILES string of the molecule is C=CCN(c1ccc(C(=O)NCCC2=CCCCC2)cc1)S(C)(=O)=O. The molecule has 136 valence electrons. The van der Waals surface area contributed by atoms with Crippen LogP contribution < -0.4 is 9.62 Å². The molecular formula is C19H26N2O3S. The minimum Gasteiger partial charge on any atom is -0.352 e. The molecule has 0 radical (unpaired) electrons. The van der Waals surface area contributed by atoms with Gasteiger partial charge in [0.05, 0.1) is 18.5 Å². The summed E-state index contributed by atoms with van der Waals surface area (Å²) >= 11 is 0. The predicted molar refractivity (Wildman–Crippen MR) is 102 cm³/mol. The first-order valence-corrected chi connectivity index (χ1v) is 10.4. The first-order valence-electron chi connectivity index (χ1n) is 8.56. The van der Waals surface area contributed by atoms with Crippen molar-refractivity contribution in [3.05, 3.63) is 54.1 Å². The third-order valence-corrected chi connectivity index (χ3v) is 5.39. The van der Waals surface area contributed by atoms with Gasteiger partial charge in [-0.3, -0.25) is 9.10 Å². The number of anilines is 1. The number of benzene rings is 1. The highest BCUT2D eigenvalue weighted by Gasteiger charge is 2.16. The Kier molecular flexibility index (Phi) is 6.82. The molecule has 1 amide bonds. The number of hydrogen-bond donors (Lipinski definition) is 1. The van der Waals surface area contributed by atoms with E-state index in [0.717, 1.165) is 25.5 Å². The van der Waals surface area contributed by atoms with Crippen LogP contribution in [-0.4, -0.2) is 33.7 Å². The van der Waals surface area contributed by atoms with Crippen LogP contribution in [-0.2, 0) is 10.0 Å². The fourth-order valence-electron chi connectivity index (χ4n) is 2.90. The van der Waals surface area contributed by atoms with Crippen LogP contribution in [0.5, 0.6) is 0 Å². The molecule has 0 saturated carbocycles. The summed E-state index contributed by atoms with van der Waals surface area (Å²) < 4.78 is 24.9. The second-order valence-electron chi connectivity index (χ2n) is 6.24. The molecule has 0 unspecified atom stereocenters. The van der Waals surface area contributed by atoms with E-state index in [2.05, 4.69) is 18.0 Å². The Labute approximate surface area is 150 Å². The van der Waals surface area contributed by atoms with Crippen molar-refractivity contribution >= 4 is 21.6 Å². The summed E-state index contributed by atoms with van der Waals surface area (Å²) in [4.78, 5) is 12.2. The maximum atomic E-state index is 12.2. The van der Waals surface area contributed by atoms with Crippen molar-refractivity contribution in [1.82, 2.24) is 5.32 Å². The first-order chi connectivity index (χ1) is 11.9. The van der Waals surface area contributed by atoms with Gasteiger partial charge in [0.1, 0.15) is 0 Å². The van der Waals surface area contributed by atoms with Gasteiger partial charge >= 0.3 is 0 Å². The van der Waals surface area contributed by atoms with E-state index in [0.29, 0.717) is 17.8 Å². The summed E-state index contributed by atoms with van der Waals surface area (Å²) in [5.41, 5.74) is 2.47. The number of nitrogens with zero attached hydrogens (tertiary/aromatic N) is 1. The fourth-order valence-corrected chi connectivity index (χ4v) is 3.78. The van der Waals surface area contributed by atoms with Crippen LogP contribution in [0.1, 0.15) is 42.5 Å². The van der Waals surface area contributed by atoms with Gasteiger partial charge < -0.3 is 5.32 Å². The van der Waals surface area contributed by atoms with Crippen LogP contribution in [0.2, 0.25) is 0 Å². The molecule has 25 heavy (non-hydrogen) atoms. The number of carbonyl (C=O) groups is 1. The average Bonchev–Trinajstić information content (AvgIpc) is 2.60. The maximum Gasteiger partial charge on any atom is 0.251 e. The molecule has 2 rings (SSSR count). The molecule has 1 aromatic rings. The van der Waals surface area contributed by atoms with Gasteiger partial charge in [-0.15, -0.1) is 6.58 Å². The number of rotatable bonds is 8. The smallest absolute Gasteiger partial charge is 0.251 e. The Balaban J connectivity index is 1.95. The zero-order valence-corrected chi connectivity index (χ0v) is 15.5.